The summed E-state index contributed by atoms with van der Waals surface area (Å²) in [6, 6.07) is 7.41. The molecule has 2 aromatic rings. The number of likely N-dealkylation sites (tertiary alicyclic amines) is 1. The van der Waals surface area contributed by atoms with E-state index in [1.165, 1.54) is 17.7 Å². The van der Waals surface area contributed by atoms with Gasteiger partial charge in [-0.05, 0) is 51.6 Å². The number of piperidine rings is 1. The second kappa shape index (κ2) is 11.2. The van der Waals surface area contributed by atoms with Crippen LogP contribution in [0.2, 0.25) is 0 Å². The van der Waals surface area contributed by atoms with Gasteiger partial charge in [-0.3, -0.25) is 14.6 Å². The molecule has 1 aromatic heterocycles. The van der Waals surface area contributed by atoms with E-state index in [4.69, 9.17) is 4.99 Å². The number of likely N-dealkylation sites (N-methyl/N-ethyl adjacent to an activating group) is 1. The van der Waals surface area contributed by atoms with Crippen LogP contribution in [0.3, 0.4) is 0 Å². The molecule has 1 aliphatic heterocycles. The molecule has 0 aliphatic carbocycles. The highest BCUT2D eigenvalue weighted by molar-refractivity contribution is 5.80. The zero-order valence-corrected chi connectivity index (χ0v) is 19.2. The van der Waals surface area contributed by atoms with Crippen LogP contribution in [0, 0.1) is 5.82 Å². The third-order valence-electron chi connectivity index (χ3n) is 5.75. The Balaban J connectivity index is 1.53. The summed E-state index contributed by atoms with van der Waals surface area (Å²) in [4.78, 5) is 9.49. The van der Waals surface area contributed by atoms with Crippen LogP contribution in [0.15, 0.2) is 41.7 Å². The number of aliphatic imine (C=N–C) groups is 1. The maximum atomic E-state index is 13.1. The smallest absolute Gasteiger partial charge is 0.191 e. The molecular formula is C23H36FN7. The Hall–Kier alpha value is -2.45. The van der Waals surface area contributed by atoms with Crippen molar-refractivity contribution >= 4 is 5.96 Å². The fraction of sp³-hybridized carbons (Fsp3) is 0.565. The second-order valence-electron chi connectivity index (χ2n) is 8.47. The number of rotatable bonds is 8. The molecule has 1 unspecified atom stereocenters. The predicted molar refractivity (Wildman–Crippen MR) is 123 cm³/mol. The molecule has 1 saturated heterocycles. The minimum Gasteiger partial charge on any atom is -0.357 e. The highest BCUT2D eigenvalue weighted by Gasteiger charge is 2.21. The average molecular weight is 430 g/mol. The number of hydrogen-bond donors (Lipinski definition) is 2. The van der Waals surface area contributed by atoms with Crippen molar-refractivity contribution in [3.05, 3.63) is 53.6 Å². The van der Waals surface area contributed by atoms with Gasteiger partial charge in [0.25, 0.3) is 0 Å². The number of halogens is 1. The number of guanidine groups is 1. The first kappa shape index (κ1) is 23.2. The summed E-state index contributed by atoms with van der Waals surface area (Å²) in [5, 5.41) is 11.3. The molecule has 0 spiro atoms. The number of aryl methyl sites for hydroxylation is 1. The number of aromatic nitrogens is 2. The average Bonchev–Trinajstić information content (AvgIpc) is 3.17. The minimum absolute atomic E-state index is 0.179. The minimum atomic E-state index is -0.179. The monoisotopic (exact) mass is 429 g/mol. The maximum absolute atomic E-state index is 13.1. The Bertz CT molecular complexity index is 823. The Morgan fingerprint density at radius 1 is 1.26 bits per heavy atom. The van der Waals surface area contributed by atoms with Crippen molar-refractivity contribution in [2.45, 2.75) is 38.4 Å². The fourth-order valence-corrected chi connectivity index (χ4v) is 3.95. The van der Waals surface area contributed by atoms with Crippen LogP contribution < -0.4 is 10.6 Å². The van der Waals surface area contributed by atoms with Crippen LogP contribution in [-0.2, 0) is 13.6 Å². The Morgan fingerprint density at radius 2 is 1.97 bits per heavy atom. The second-order valence-corrected chi connectivity index (χ2v) is 8.47. The van der Waals surface area contributed by atoms with Gasteiger partial charge >= 0.3 is 0 Å². The molecule has 1 aliphatic rings. The summed E-state index contributed by atoms with van der Waals surface area (Å²) in [5.74, 6) is 0.692. The van der Waals surface area contributed by atoms with Crippen molar-refractivity contribution in [3.63, 3.8) is 0 Å². The molecule has 2 N–H and O–H groups in total. The maximum Gasteiger partial charge on any atom is 0.191 e. The molecule has 2 heterocycles. The third kappa shape index (κ3) is 7.04. The van der Waals surface area contributed by atoms with E-state index in [0.29, 0.717) is 12.6 Å². The lowest BCUT2D eigenvalue weighted by Gasteiger charge is -2.33. The standard InChI is InChI=1S/C23H36FN7/c1-5-25-23(26-15-22(29(2)3)19-14-27-30(4)17-19)28-21-10-12-31(13-11-21)16-18-6-8-20(24)9-7-18/h6-9,14,17,21-22H,5,10-13,15-16H2,1-4H3,(H2,25,26,28). The van der Waals surface area contributed by atoms with E-state index in [9.17, 15) is 4.39 Å². The zero-order chi connectivity index (χ0) is 22.2. The molecular weight excluding hydrogens is 393 g/mol. The Labute approximate surface area is 185 Å². The quantitative estimate of drug-likeness (QED) is 0.498. The van der Waals surface area contributed by atoms with Crippen LogP contribution in [0.25, 0.3) is 0 Å². The number of benzene rings is 1. The van der Waals surface area contributed by atoms with E-state index in [2.05, 4.69) is 52.7 Å². The van der Waals surface area contributed by atoms with Crippen molar-refractivity contribution in [1.82, 2.24) is 30.2 Å². The third-order valence-corrected chi connectivity index (χ3v) is 5.75. The normalized spacial score (nSPS) is 17.2. The molecule has 0 radical (unpaired) electrons. The largest absolute Gasteiger partial charge is 0.357 e. The van der Waals surface area contributed by atoms with Crippen molar-refractivity contribution in [2.75, 3.05) is 40.3 Å². The number of nitrogens with zero attached hydrogens (tertiary/aromatic N) is 5. The molecule has 1 fully saturated rings. The van der Waals surface area contributed by atoms with E-state index in [-0.39, 0.29) is 11.9 Å². The Kier molecular flexibility index (Phi) is 8.43. The molecule has 0 saturated carbocycles. The van der Waals surface area contributed by atoms with Crippen LogP contribution in [-0.4, -0.2) is 71.9 Å². The van der Waals surface area contributed by atoms with Crippen LogP contribution in [0.1, 0.15) is 36.9 Å². The summed E-state index contributed by atoms with van der Waals surface area (Å²) >= 11 is 0. The van der Waals surface area contributed by atoms with Crippen LogP contribution >= 0.6 is 0 Å². The van der Waals surface area contributed by atoms with Gasteiger partial charge in [-0.2, -0.15) is 5.10 Å². The van der Waals surface area contributed by atoms with Gasteiger partial charge in [-0.1, -0.05) is 12.1 Å². The molecule has 0 amide bonds. The van der Waals surface area contributed by atoms with Gasteiger partial charge in [-0.25, -0.2) is 4.39 Å². The molecule has 8 heteroatoms. The van der Waals surface area contributed by atoms with E-state index in [0.717, 1.165) is 50.5 Å². The summed E-state index contributed by atoms with van der Waals surface area (Å²) in [5.41, 5.74) is 2.33. The molecule has 3 rings (SSSR count). The summed E-state index contributed by atoms with van der Waals surface area (Å²) in [6.45, 7) is 6.49. The van der Waals surface area contributed by atoms with Crippen molar-refractivity contribution < 1.29 is 4.39 Å². The van der Waals surface area contributed by atoms with Gasteiger partial charge in [0.15, 0.2) is 5.96 Å². The fourth-order valence-electron chi connectivity index (χ4n) is 3.95. The first-order valence-electron chi connectivity index (χ1n) is 11.1. The highest BCUT2D eigenvalue weighted by atomic mass is 19.1. The van der Waals surface area contributed by atoms with E-state index in [1.807, 2.05) is 30.1 Å². The number of hydrogen-bond acceptors (Lipinski definition) is 4. The van der Waals surface area contributed by atoms with Gasteiger partial charge in [0.05, 0.1) is 18.8 Å². The molecule has 0 bridgehead atoms. The molecule has 7 nitrogen and oxygen atoms in total. The van der Waals surface area contributed by atoms with Crippen LogP contribution in [0.4, 0.5) is 4.39 Å². The van der Waals surface area contributed by atoms with Crippen molar-refractivity contribution in [1.29, 1.82) is 0 Å². The Morgan fingerprint density at radius 3 is 2.55 bits per heavy atom. The number of nitrogens with one attached hydrogen (secondary N) is 2. The molecule has 1 atom stereocenters. The summed E-state index contributed by atoms with van der Waals surface area (Å²) in [6.07, 6.45) is 6.09. The van der Waals surface area contributed by atoms with Gasteiger partial charge in [0, 0.05) is 51.0 Å². The van der Waals surface area contributed by atoms with Gasteiger partial charge in [0.2, 0.25) is 0 Å². The van der Waals surface area contributed by atoms with Crippen molar-refractivity contribution in [3.8, 4) is 0 Å². The summed E-state index contributed by atoms with van der Waals surface area (Å²) in [7, 11) is 6.09. The van der Waals surface area contributed by atoms with Gasteiger partial charge in [0.1, 0.15) is 5.82 Å². The van der Waals surface area contributed by atoms with Crippen LogP contribution in [0.5, 0.6) is 0 Å². The lowest BCUT2D eigenvalue weighted by atomic mass is 10.0. The molecule has 1 aromatic carbocycles. The van der Waals surface area contributed by atoms with E-state index >= 15 is 0 Å². The zero-order valence-electron chi connectivity index (χ0n) is 19.2. The lowest BCUT2D eigenvalue weighted by Crippen LogP contribution is -2.48. The summed E-state index contributed by atoms with van der Waals surface area (Å²) < 4.78 is 14.9. The highest BCUT2D eigenvalue weighted by Crippen LogP contribution is 2.18. The SMILES string of the molecule is CCNC(=NCC(c1cnn(C)c1)N(C)C)NC1CCN(Cc2ccc(F)cc2)CC1. The predicted octanol–water partition coefficient (Wildman–Crippen LogP) is 2.38. The van der Waals surface area contributed by atoms with E-state index in [1.54, 1.807) is 0 Å². The van der Waals surface area contributed by atoms with Crippen molar-refractivity contribution in [2.24, 2.45) is 12.0 Å². The van der Waals surface area contributed by atoms with Gasteiger partial charge < -0.3 is 15.5 Å². The first-order valence-corrected chi connectivity index (χ1v) is 11.1. The van der Waals surface area contributed by atoms with E-state index < -0.39 is 0 Å². The topological polar surface area (TPSA) is 60.7 Å². The molecule has 31 heavy (non-hydrogen) atoms. The van der Waals surface area contributed by atoms with Gasteiger partial charge in [-0.15, -0.1) is 0 Å². The first-order chi connectivity index (χ1) is 14.9. The molecule has 170 valence electrons. The lowest BCUT2D eigenvalue weighted by molar-refractivity contribution is 0.198.